The summed E-state index contributed by atoms with van der Waals surface area (Å²) in [7, 11) is 0. The molecule has 1 unspecified atom stereocenters. The van der Waals surface area contributed by atoms with Crippen molar-refractivity contribution in [2.24, 2.45) is 5.92 Å². The molecule has 8 heteroatoms. The summed E-state index contributed by atoms with van der Waals surface area (Å²) in [6.07, 6.45) is 1.11. The van der Waals surface area contributed by atoms with Crippen LogP contribution in [0, 0.1) is 5.92 Å². The predicted molar refractivity (Wildman–Crippen MR) is 96.9 cm³/mol. The third-order valence-corrected chi connectivity index (χ3v) is 5.17. The molecule has 1 aliphatic carbocycles. The first kappa shape index (κ1) is 18.6. The van der Waals surface area contributed by atoms with Gasteiger partial charge in [0.2, 0.25) is 0 Å². The van der Waals surface area contributed by atoms with E-state index in [9.17, 15) is 18.0 Å². The van der Waals surface area contributed by atoms with Gasteiger partial charge in [-0.05, 0) is 36.8 Å². The number of carbonyl (C=O) groups is 1. The van der Waals surface area contributed by atoms with E-state index >= 15 is 0 Å². The quantitative estimate of drug-likeness (QED) is 0.671. The number of aromatic nitrogens is 3. The summed E-state index contributed by atoms with van der Waals surface area (Å²) < 4.78 is 44.1. The van der Waals surface area contributed by atoms with Crippen molar-refractivity contribution in [2.45, 2.75) is 45.5 Å². The lowest BCUT2D eigenvalue weighted by molar-refractivity contribution is -0.141. The minimum atomic E-state index is -4.37. The van der Waals surface area contributed by atoms with Crippen LogP contribution in [0.3, 0.4) is 0 Å². The highest BCUT2D eigenvalue weighted by atomic mass is 19.4. The van der Waals surface area contributed by atoms with E-state index in [0.29, 0.717) is 11.5 Å². The van der Waals surface area contributed by atoms with E-state index in [4.69, 9.17) is 4.74 Å². The van der Waals surface area contributed by atoms with Gasteiger partial charge in [-0.25, -0.2) is 9.78 Å². The molecule has 0 saturated heterocycles. The van der Waals surface area contributed by atoms with E-state index in [0.717, 1.165) is 40.4 Å². The van der Waals surface area contributed by atoms with Crippen LogP contribution in [-0.2, 0) is 30.7 Å². The molecule has 2 aromatic heterocycles. The van der Waals surface area contributed by atoms with Gasteiger partial charge in [-0.3, -0.25) is 0 Å². The molecule has 0 aliphatic heterocycles. The van der Waals surface area contributed by atoms with Gasteiger partial charge < -0.3 is 14.3 Å². The molecular formula is C20H20F3N3O2. The number of aromatic amines is 1. The Morgan fingerprint density at radius 3 is 3.00 bits per heavy atom. The zero-order valence-electron chi connectivity index (χ0n) is 15.3. The van der Waals surface area contributed by atoms with E-state index < -0.39 is 18.7 Å². The first-order valence-electron chi connectivity index (χ1n) is 9.18. The summed E-state index contributed by atoms with van der Waals surface area (Å²) in [6.45, 7) is 0.718. The van der Waals surface area contributed by atoms with Crippen LogP contribution in [0.4, 0.5) is 13.2 Å². The Bertz CT molecular complexity index is 1020. The van der Waals surface area contributed by atoms with Crippen LogP contribution in [0.15, 0.2) is 30.6 Å². The maximum absolute atomic E-state index is 12.6. The first-order valence-corrected chi connectivity index (χ1v) is 9.18. The van der Waals surface area contributed by atoms with Gasteiger partial charge in [-0.1, -0.05) is 19.1 Å². The standard InChI is InChI=1S/C20H20F3N3O2/c1-12-5-6-16-15(9-12)13-3-2-4-14(18(13)25-16)19(27)28-10-17-24-7-8-26(17)11-20(21,22)23/h2-4,7-8,12,25H,5-6,9-11H2,1H3. The average molecular weight is 391 g/mol. The molecule has 1 N–H and O–H groups in total. The summed E-state index contributed by atoms with van der Waals surface area (Å²) in [6, 6.07) is 5.45. The van der Waals surface area contributed by atoms with Crippen molar-refractivity contribution in [2.75, 3.05) is 0 Å². The third-order valence-electron chi connectivity index (χ3n) is 5.17. The topological polar surface area (TPSA) is 59.9 Å². The number of hydrogen-bond donors (Lipinski definition) is 1. The summed E-state index contributed by atoms with van der Waals surface area (Å²) in [5.74, 6) is 0.0610. The number of H-pyrrole nitrogens is 1. The molecule has 1 atom stereocenters. The smallest absolute Gasteiger partial charge is 0.406 e. The van der Waals surface area contributed by atoms with Crippen molar-refractivity contribution in [3.8, 4) is 0 Å². The number of halogens is 3. The van der Waals surface area contributed by atoms with E-state index in [-0.39, 0.29) is 12.4 Å². The van der Waals surface area contributed by atoms with Gasteiger partial charge >= 0.3 is 12.1 Å². The zero-order valence-corrected chi connectivity index (χ0v) is 15.3. The summed E-state index contributed by atoms with van der Waals surface area (Å²) in [4.78, 5) is 19.8. The summed E-state index contributed by atoms with van der Waals surface area (Å²) >= 11 is 0. The van der Waals surface area contributed by atoms with Crippen LogP contribution in [0.25, 0.3) is 10.9 Å². The van der Waals surface area contributed by atoms with Gasteiger partial charge in [0.15, 0.2) is 0 Å². The number of esters is 1. The fourth-order valence-corrected chi connectivity index (χ4v) is 3.81. The van der Waals surface area contributed by atoms with Crippen LogP contribution in [0.2, 0.25) is 0 Å². The number of carbonyl (C=O) groups excluding carboxylic acids is 1. The lowest BCUT2D eigenvalue weighted by Crippen LogP contribution is -2.20. The van der Waals surface area contributed by atoms with Crippen molar-refractivity contribution in [1.29, 1.82) is 0 Å². The molecule has 28 heavy (non-hydrogen) atoms. The fourth-order valence-electron chi connectivity index (χ4n) is 3.81. The Labute approximate surface area is 159 Å². The molecule has 3 aromatic rings. The van der Waals surface area contributed by atoms with Gasteiger partial charge in [0, 0.05) is 23.5 Å². The number of hydrogen-bond acceptors (Lipinski definition) is 3. The number of nitrogens with zero attached hydrogens (tertiary/aromatic N) is 2. The predicted octanol–water partition coefficient (Wildman–Crippen LogP) is 4.41. The molecule has 1 aliphatic rings. The third kappa shape index (κ3) is 3.63. The number of ether oxygens (including phenoxy) is 1. The van der Waals surface area contributed by atoms with Crippen LogP contribution in [0.1, 0.15) is 40.8 Å². The second-order valence-electron chi connectivity index (χ2n) is 7.32. The number of alkyl halides is 3. The minimum absolute atomic E-state index is 0.0532. The Kier molecular flexibility index (Phi) is 4.64. The molecule has 1 aromatic carbocycles. The monoisotopic (exact) mass is 391 g/mol. The molecular weight excluding hydrogens is 371 g/mol. The number of imidazole rings is 1. The molecule has 5 nitrogen and oxygen atoms in total. The second kappa shape index (κ2) is 7.00. The molecule has 0 amide bonds. The number of para-hydroxylation sites is 1. The lowest BCUT2D eigenvalue weighted by Gasteiger charge is -2.17. The normalized spacial score (nSPS) is 16.9. The summed E-state index contributed by atoms with van der Waals surface area (Å²) in [5.41, 5.74) is 3.50. The SMILES string of the molecule is CC1CCc2[nH]c3c(C(=O)OCc4nccn4CC(F)(F)F)cccc3c2C1. The van der Waals surface area contributed by atoms with Gasteiger partial charge in [-0.15, -0.1) is 0 Å². The Morgan fingerprint density at radius 1 is 1.39 bits per heavy atom. The van der Waals surface area contributed by atoms with Crippen molar-refractivity contribution < 1.29 is 22.7 Å². The van der Waals surface area contributed by atoms with E-state index in [2.05, 4.69) is 16.9 Å². The zero-order chi connectivity index (χ0) is 19.9. The van der Waals surface area contributed by atoms with E-state index in [1.165, 1.54) is 18.0 Å². The largest absolute Gasteiger partial charge is 0.454 e. The van der Waals surface area contributed by atoms with Gasteiger partial charge in [0.25, 0.3) is 0 Å². The highest BCUT2D eigenvalue weighted by Crippen LogP contribution is 2.33. The summed E-state index contributed by atoms with van der Waals surface area (Å²) in [5, 5.41) is 1.01. The van der Waals surface area contributed by atoms with Gasteiger partial charge in [-0.2, -0.15) is 13.2 Å². The number of nitrogens with one attached hydrogen (secondary N) is 1. The Morgan fingerprint density at radius 2 is 2.21 bits per heavy atom. The lowest BCUT2D eigenvalue weighted by atomic mass is 9.87. The minimum Gasteiger partial charge on any atom is -0.454 e. The average Bonchev–Trinajstić information content (AvgIpc) is 3.21. The van der Waals surface area contributed by atoms with Crippen molar-refractivity contribution in [1.82, 2.24) is 14.5 Å². The van der Waals surface area contributed by atoms with Crippen LogP contribution in [0.5, 0.6) is 0 Å². The first-order chi connectivity index (χ1) is 13.3. The number of aryl methyl sites for hydroxylation is 1. The van der Waals surface area contributed by atoms with Crippen molar-refractivity contribution in [3.63, 3.8) is 0 Å². The van der Waals surface area contributed by atoms with Crippen LogP contribution >= 0.6 is 0 Å². The maximum atomic E-state index is 12.6. The van der Waals surface area contributed by atoms with Gasteiger partial charge in [0.05, 0.1) is 11.1 Å². The molecule has 0 fully saturated rings. The maximum Gasteiger partial charge on any atom is 0.406 e. The fraction of sp³-hybridized carbons (Fsp3) is 0.400. The Balaban J connectivity index is 1.55. The number of rotatable bonds is 4. The molecule has 148 valence electrons. The molecule has 4 rings (SSSR count). The number of benzene rings is 1. The highest BCUT2D eigenvalue weighted by molar-refractivity contribution is 6.04. The van der Waals surface area contributed by atoms with Crippen molar-refractivity contribution in [3.05, 3.63) is 53.2 Å². The Hall–Kier alpha value is -2.77. The van der Waals surface area contributed by atoms with Crippen LogP contribution < -0.4 is 0 Å². The molecule has 0 saturated carbocycles. The van der Waals surface area contributed by atoms with Crippen LogP contribution in [-0.4, -0.2) is 26.7 Å². The second-order valence-corrected chi connectivity index (χ2v) is 7.32. The van der Waals surface area contributed by atoms with Crippen molar-refractivity contribution >= 4 is 16.9 Å². The molecule has 0 bridgehead atoms. The molecule has 0 spiro atoms. The molecule has 0 radical (unpaired) electrons. The van der Waals surface area contributed by atoms with E-state index in [1.807, 2.05) is 6.07 Å². The molecule has 2 heterocycles. The van der Waals surface area contributed by atoms with Gasteiger partial charge in [0.1, 0.15) is 19.0 Å². The van der Waals surface area contributed by atoms with E-state index in [1.54, 1.807) is 12.1 Å². The number of fused-ring (bicyclic) bond motifs is 3. The highest BCUT2D eigenvalue weighted by Gasteiger charge is 2.29.